The first-order valence-corrected chi connectivity index (χ1v) is 8.31. The number of anilines is 1. The van der Waals surface area contributed by atoms with Crippen molar-refractivity contribution in [2.75, 3.05) is 25.6 Å². The highest BCUT2D eigenvalue weighted by molar-refractivity contribution is 5.90. The average molecular weight is 365 g/mol. The molecule has 1 aromatic rings. The van der Waals surface area contributed by atoms with Crippen LogP contribution in [-0.4, -0.2) is 43.8 Å². The lowest BCUT2D eigenvalue weighted by atomic mass is 10.2. The van der Waals surface area contributed by atoms with Crippen molar-refractivity contribution in [1.29, 1.82) is 0 Å². The zero-order chi connectivity index (χ0) is 19.6. The molecule has 0 spiro atoms. The second-order valence-electron chi connectivity index (χ2n) is 6.62. The number of rotatable bonds is 8. The Hall–Kier alpha value is -2.61. The van der Waals surface area contributed by atoms with Gasteiger partial charge in [0.05, 0.1) is 13.0 Å². The Labute approximate surface area is 153 Å². The van der Waals surface area contributed by atoms with Crippen LogP contribution in [0.1, 0.15) is 32.8 Å². The number of carbonyl (C=O) groups is 3. The van der Waals surface area contributed by atoms with Crippen molar-refractivity contribution in [1.82, 2.24) is 10.6 Å². The van der Waals surface area contributed by atoms with Gasteiger partial charge in [0.1, 0.15) is 12.1 Å². The van der Waals surface area contributed by atoms with E-state index in [4.69, 9.17) is 9.47 Å². The molecule has 1 aromatic carbocycles. The fourth-order valence-electron chi connectivity index (χ4n) is 1.91. The van der Waals surface area contributed by atoms with Crippen LogP contribution in [0.4, 0.5) is 10.5 Å². The number of benzene rings is 1. The molecule has 8 heteroatoms. The van der Waals surface area contributed by atoms with Gasteiger partial charge in [-0.1, -0.05) is 12.1 Å². The summed E-state index contributed by atoms with van der Waals surface area (Å²) in [6, 6.07) is 7.14. The summed E-state index contributed by atoms with van der Waals surface area (Å²) in [5.74, 6) is -0.486. The second kappa shape index (κ2) is 10.4. The Morgan fingerprint density at radius 2 is 1.81 bits per heavy atom. The summed E-state index contributed by atoms with van der Waals surface area (Å²) in [7, 11) is 1.54. The molecule has 0 saturated heterocycles. The summed E-state index contributed by atoms with van der Waals surface area (Å²) >= 11 is 0. The number of amides is 3. The first kappa shape index (κ1) is 21.4. The summed E-state index contributed by atoms with van der Waals surface area (Å²) < 4.78 is 9.91. The number of hydrogen-bond donors (Lipinski definition) is 3. The van der Waals surface area contributed by atoms with Crippen LogP contribution in [-0.2, 0) is 25.6 Å². The lowest BCUT2D eigenvalue weighted by Crippen LogP contribution is -2.39. The van der Waals surface area contributed by atoms with Gasteiger partial charge in [-0.15, -0.1) is 0 Å². The third kappa shape index (κ3) is 9.63. The van der Waals surface area contributed by atoms with E-state index in [1.165, 1.54) is 7.11 Å². The minimum absolute atomic E-state index is 0.144. The van der Waals surface area contributed by atoms with E-state index >= 15 is 0 Å². The predicted molar refractivity (Wildman–Crippen MR) is 97.6 cm³/mol. The zero-order valence-corrected chi connectivity index (χ0v) is 15.7. The van der Waals surface area contributed by atoms with Gasteiger partial charge in [0.2, 0.25) is 11.8 Å². The van der Waals surface area contributed by atoms with Crippen LogP contribution in [0.15, 0.2) is 24.3 Å². The molecule has 0 saturated carbocycles. The topological polar surface area (TPSA) is 106 Å². The van der Waals surface area contributed by atoms with Gasteiger partial charge < -0.3 is 25.4 Å². The van der Waals surface area contributed by atoms with Crippen molar-refractivity contribution in [2.45, 2.75) is 39.3 Å². The summed E-state index contributed by atoms with van der Waals surface area (Å²) in [4.78, 5) is 35.0. The summed E-state index contributed by atoms with van der Waals surface area (Å²) in [6.45, 7) is 5.68. The molecule has 0 heterocycles. The molecule has 3 amide bonds. The lowest BCUT2D eigenvalue weighted by molar-refractivity contribution is -0.120. The average Bonchev–Trinajstić information content (AvgIpc) is 2.55. The van der Waals surface area contributed by atoms with E-state index in [2.05, 4.69) is 16.0 Å². The van der Waals surface area contributed by atoms with Crippen LogP contribution in [0.2, 0.25) is 0 Å². The van der Waals surface area contributed by atoms with Crippen molar-refractivity contribution in [2.24, 2.45) is 0 Å². The number of methoxy groups -OCH3 is 1. The van der Waals surface area contributed by atoms with Gasteiger partial charge in [-0.05, 0) is 38.5 Å². The third-order valence-corrected chi connectivity index (χ3v) is 3.03. The number of ether oxygens (including phenoxy) is 2. The Morgan fingerprint density at radius 1 is 1.08 bits per heavy atom. The van der Waals surface area contributed by atoms with Crippen LogP contribution in [0, 0.1) is 0 Å². The molecule has 0 atom stereocenters. The molecule has 0 fully saturated rings. The number of hydrogen-bond acceptors (Lipinski definition) is 5. The van der Waals surface area contributed by atoms with Crippen molar-refractivity contribution in [3.05, 3.63) is 29.8 Å². The summed E-state index contributed by atoms with van der Waals surface area (Å²) in [5, 5.41) is 7.84. The largest absolute Gasteiger partial charge is 0.444 e. The molecule has 26 heavy (non-hydrogen) atoms. The normalized spacial score (nSPS) is 10.8. The van der Waals surface area contributed by atoms with Crippen molar-refractivity contribution in [3.63, 3.8) is 0 Å². The number of nitrogens with one attached hydrogen (secondary N) is 3. The highest BCUT2D eigenvalue weighted by Crippen LogP contribution is 2.11. The zero-order valence-electron chi connectivity index (χ0n) is 15.7. The Bertz CT molecular complexity index is 625. The molecule has 0 radical (unpaired) electrons. The fraction of sp³-hybridized carbons (Fsp3) is 0.500. The molecular weight excluding hydrogens is 338 g/mol. The van der Waals surface area contributed by atoms with E-state index in [-0.39, 0.29) is 31.3 Å². The molecule has 0 aliphatic rings. The van der Waals surface area contributed by atoms with Gasteiger partial charge in [-0.25, -0.2) is 4.79 Å². The predicted octanol–water partition coefficient (Wildman–Crippen LogP) is 1.80. The minimum Gasteiger partial charge on any atom is -0.444 e. The molecule has 3 N–H and O–H groups in total. The molecule has 0 aliphatic heterocycles. The Balaban J connectivity index is 2.40. The van der Waals surface area contributed by atoms with Gasteiger partial charge in [0.25, 0.3) is 0 Å². The van der Waals surface area contributed by atoms with Gasteiger partial charge >= 0.3 is 6.09 Å². The van der Waals surface area contributed by atoms with Crippen LogP contribution in [0.25, 0.3) is 0 Å². The maximum atomic E-state index is 11.8. The molecule has 0 unspecified atom stereocenters. The smallest absolute Gasteiger partial charge is 0.408 e. The summed E-state index contributed by atoms with van der Waals surface area (Å²) in [5.41, 5.74) is 0.846. The first-order chi connectivity index (χ1) is 12.2. The molecule has 0 bridgehead atoms. The van der Waals surface area contributed by atoms with Crippen molar-refractivity contribution >= 4 is 23.6 Å². The molecule has 1 rings (SSSR count). The van der Waals surface area contributed by atoms with Gasteiger partial charge in [0.15, 0.2) is 0 Å². The monoisotopic (exact) mass is 365 g/mol. The van der Waals surface area contributed by atoms with E-state index in [0.717, 1.165) is 5.56 Å². The van der Waals surface area contributed by atoms with E-state index in [9.17, 15) is 14.4 Å². The quantitative estimate of drug-likeness (QED) is 0.651. The number of carbonyl (C=O) groups excluding carboxylic acids is 3. The van der Waals surface area contributed by atoms with E-state index in [1.807, 2.05) is 6.07 Å². The van der Waals surface area contributed by atoms with Gasteiger partial charge in [-0.3, -0.25) is 9.59 Å². The molecular formula is C18H27N3O5. The minimum atomic E-state index is -0.645. The van der Waals surface area contributed by atoms with Crippen LogP contribution < -0.4 is 16.0 Å². The highest BCUT2D eigenvalue weighted by atomic mass is 16.6. The van der Waals surface area contributed by atoms with Gasteiger partial charge in [-0.2, -0.15) is 0 Å². The van der Waals surface area contributed by atoms with E-state index < -0.39 is 11.7 Å². The van der Waals surface area contributed by atoms with Crippen LogP contribution in [0.3, 0.4) is 0 Å². The maximum Gasteiger partial charge on any atom is 0.408 e. The fourth-order valence-corrected chi connectivity index (χ4v) is 1.91. The third-order valence-electron chi connectivity index (χ3n) is 3.03. The van der Waals surface area contributed by atoms with Gasteiger partial charge in [0, 0.05) is 19.3 Å². The summed E-state index contributed by atoms with van der Waals surface area (Å²) in [6.07, 6.45) is -0.373. The van der Waals surface area contributed by atoms with Crippen molar-refractivity contribution in [3.8, 4) is 0 Å². The van der Waals surface area contributed by atoms with Crippen molar-refractivity contribution < 1.29 is 23.9 Å². The standard InChI is InChI=1S/C18H27N3O5/c1-18(2,3)26-17(24)20-12-16(23)19-11-13-6-5-7-14(10-13)21-15(22)8-9-25-4/h5-7,10H,8-9,11-12H2,1-4H3,(H,19,23)(H,20,24)(H,21,22). The second-order valence-corrected chi connectivity index (χ2v) is 6.62. The molecule has 0 aromatic heterocycles. The van der Waals surface area contributed by atoms with E-state index in [0.29, 0.717) is 12.3 Å². The first-order valence-electron chi connectivity index (χ1n) is 8.31. The SMILES string of the molecule is COCCC(=O)Nc1cccc(CNC(=O)CNC(=O)OC(C)(C)C)c1. The van der Waals surface area contributed by atoms with E-state index in [1.54, 1.807) is 39.0 Å². The van der Waals surface area contributed by atoms with Crippen LogP contribution in [0.5, 0.6) is 0 Å². The maximum absolute atomic E-state index is 11.8. The molecule has 8 nitrogen and oxygen atoms in total. The van der Waals surface area contributed by atoms with Crippen LogP contribution >= 0.6 is 0 Å². The Kier molecular flexibility index (Phi) is 8.57. The molecule has 0 aliphatic carbocycles. The Morgan fingerprint density at radius 3 is 2.46 bits per heavy atom. The molecule has 144 valence electrons. The lowest BCUT2D eigenvalue weighted by Gasteiger charge is -2.19. The highest BCUT2D eigenvalue weighted by Gasteiger charge is 2.16. The number of alkyl carbamates (subject to hydrolysis) is 1.